The molecule has 0 radical (unpaired) electrons. The Balaban J connectivity index is 1.57. The number of amides is 1. The first-order valence-electron chi connectivity index (χ1n) is 7.26. The maximum absolute atomic E-state index is 12.1. The predicted molar refractivity (Wildman–Crippen MR) is 90.9 cm³/mol. The summed E-state index contributed by atoms with van der Waals surface area (Å²) in [5.41, 5.74) is 2.61. The molecule has 0 saturated heterocycles. The van der Waals surface area contributed by atoms with Crippen LogP contribution in [0, 0.1) is 0 Å². The number of imidazole rings is 1. The Labute approximate surface area is 138 Å². The number of rotatable bonds is 6. The average Bonchev–Trinajstić information content (AvgIpc) is 3.25. The topological polar surface area (TPSA) is 67.0 Å². The Morgan fingerprint density at radius 2 is 2.13 bits per heavy atom. The zero-order valence-electron chi connectivity index (χ0n) is 12.7. The number of nitrogens with one attached hydrogen (secondary N) is 2. The number of carbonyl (C=O) groups excluding carboxylic acids is 1. The van der Waals surface area contributed by atoms with E-state index >= 15 is 0 Å². The summed E-state index contributed by atoms with van der Waals surface area (Å²) in [7, 11) is 1.60. The highest BCUT2D eigenvalue weighted by atomic mass is 32.1. The van der Waals surface area contributed by atoms with Crippen LogP contribution < -0.4 is 10.1 Å². The molecule has 3 rings (SSSR count). The van der Waals surface area contributed by atoms with Crippen molar-refractivity contribution in [3.8, 4) is 16.3 Å². The number of aromatic nitrogens is 2. The summed E-state index contributed by atoms with van der Waals surface area (Å²) in [4.78, 5) is 20.8. The molecule has 0 aliphatic rings. The molecule has 6 heteroatoms. The number of nitrogens with zero attached hydrogens (tertiary/aromatic N) is 1. The van der Waals surface area contributed by atoms with Crippen LogP contribution in [-0.2, 0) is 6.42 Å². The first kappa shape index (κ1) is 15.3. The number of methoxy groups -OCH3 is 1. The molecule has 0 fully saturated rings. The fourth-order valence-electron chi connectivity index (χ4n) is 2.28. The second kappa shape index (κ2) is 7.11. The third kappa shape index (κ3) is 3.60. The smallest absolute Gasteiger partial charge is 0.251 e. The van der Waals surface area contributed by atoms with Gasteiger partial charge < -0.3 is 15.0 Å². The van der Waals surface area contributed by atoms with Crippen molar-refractivity contribution in [2.24, 2.45) is 0 Å². The molecule has 0 atom stereocenters. The number of carbonyl (C=O) groups is 1. The molecule has 23 heavy (non-hydrogen) atoms. The van der Waals surface area contributed by atoms with Gasteiger partial charge in [-0.05, 0) is 35.7 Å². The summed E-state index contributed by atoms with van der Waals surface area (Å²) in [5.74, 6) is 0.643. The van der Waals surface area contributed by atoms with Crippen LogP contribution >= 0.6 is 11.3 Å². The molecule has 0 saturated carbocycles. The number of hydrogen-bond donors (Lipinski definition) is 2. The van der Waals surface area contributed by atoms with Crippen molar-refractivity contribution in [3.63, 3.8) is 0 Å². The highest BCUT2D eigenvalue weighted by molar-refractivity contribution is 7.13. The molecule has 1 amide bonds. The van der Waals surface area contributed by atoms with Gasteiger partial charge in [0.25, 0.3) is 5.91 Å². The van der Waals surface area contributed by atoms with Crippen molar-refractivity contribution in [3.05, 3.63) is 59.4 Å². The Morgan fingerprint density at radius 1 is 1.30 bits per heavy atom. The molecular formula is C17H17N3O2S. The van der Waals surface area contributed by atoms with Crippen molar-refractivity contribution >= 4 is 17.2 Å². The molecule has 3 aromatic rings. The third-order valence-corrected chi connectivity index (χ3v) is 4.36. The van der Waals surface area contributed by atoms with Gasteiger partial charge in [0, 0.05) is 24.2 Å². The summed E-state index contributed by atoms with van der Waals surface area (Å²) in [6, 6.07) is 11.1. The van der Waals surface area contributed by atoms with E-state index in [1.807, 2.05) is 17.5 Å². The second-order valence-corrected chi connectivity index (χ2v) is 5.89. The van der Waals surface area contributed by atoms with Gasteiger partial charge in [-0.2, -0.15) is 0 Å². The lowest BCUT2D eigenvalue weighted by molar-refractivity contribution is 0.0954. The molecule has 0 aliphatic carbocycles. The van der Waals surface area contributed by atoms with Gasteiger partial charge in [-0.3, -0.25) is 4.79 Å². The maximum atomic E-state index is 12.1. The van der Waals surface area contributed by atoms with E-state index in [2.05, 4.69) is 15.3 Å². The van der Waals surface area contributed by atoms with Crippen molar-refractivity contribution in [1.82, 2.24) is 15.3 Å². The number of thiophene rings is 1. The van der Waals surface area contributed by atoms with Crippen molar-refractivity contribution in [2.45, 2.75) is 6.42 Å². The fourth-order valence-corrected chi connectivity index (χ4v) is 3.03. The van der Waals surface area contributed by atoms with E-state index in [1.54, 1.807) is 49.0 Å². The monoisotopic (exact) mass is 327 g/mol. The standard InChI is InChI=1S/C17H17N3O2S/c1-22-13-6-4-12(5-7-13)17(21)18-9-8-14-16(20-11-19-14)15-3-2-10-23-15/h2-7,10-11H,8-9H2,1H3,(H,18,21)(H,19,20). The van der Waals surface area contributed by atoms with E-state index in [9.17, 15) is 4.79 Å². The van der Waals surface area contributed by atoms with Gasteiger partial charge in [-0.25, -0.2) is 4.98 Å². The summed E-state index contributed by atoms with van der Waals surface area (Å²) >= 11 is 1.65. The first-order valence-corrected chi connectivity index (χ1v) is 8.14. The summed E-state index contributed by atoms with van der Waals surface area (Å²) in [5, 5.41) is 4.95. The molecule has 2 aromatic heterocycles. The number of ether oxygens (including phenoxy) is 1. The van der Waals surface area contributed by atoms with E-state index in [0.29, 0.717) is 18.5 Å². The Morgan fingerprint density at radius 3 is 2.83 bits per heavy atom. The number of benzene rings is 1. The molecule has 0 spiro atoms. The highest BCUT2D eigenvalue weighted by Crippen LogP contribution is 2.25. The molecule has 2 heterocycles. The molecule has 0 aliphatic heterocycles. The normalized spacial score (nSPS) is 10.5. The molecule has 1 aromatic carbocycles. The molecule has 0 unspecified atom stereocenters. The third-order valence-electron chi connectivity index (χ3n) is 3.49. The van der Waals surface area contributed by atoms with E-state index in [-0.39, 0.29) is 5.91 Å². The lowest BCUT2D eigenvalue weighted by Crippen LogP contribution is -2.25. The van der Waals surface area contributed by atoms with Gasteiger partial charge >= 0.3 is 0 Å². The van der Waals surface area contributed by atoms with Crippen LogP contribution in [0.25, 0.3) is 10.6 Å². The fraction of sp³-hybridized carbons (Fsp3) is 0.176. The second-order valence-electron chi connectivity index (χ2n) is 4.94. The van der Waals surface area contributed by atoms with Gasteiger partial charge in [0.1, 0.15) is 11.4 Å². The SMILES string of the molecule is COc1ccc(C(=O)NCCc2[nH]cnc2-c2cccs2)cc1. The summed E-state index contributed by atoms with van der Waals surface area (Å²) in [6.07, 6.45) is 2.39. The van der Waals surface area contributed by atoms with Crippen molar-refractivity contribution in [2.75, 3.05) is 13.7 Å². The molecule has 0 bridgehead atoms. The highest BCUT2D eigenvalue weighted by Gasteiger charge is 2.10. The number of H-pyrrole nitrogens is 1. The Hall–Kier alpha value is -2.60. The first-order chi connectivity index (χ1) is 11.3. The molecule has 5 nitrogen and oxygen atoms in total. The lowest BCUT2D eigenvalue weighted by Gasteiger charge is -2.06. The van der Waals surface area contributed by atoms with E-state index < -0.39 is 0 Å². The van der Waals surface area contributed by atoms with Gasteiger partial charge in [0.15, 0.2) is 0 Å². The minimum atomic E-state index is -0.0927. The van der Waals surface area contributed by atoms with Crippen LogP contribution in [0.4, 0.5) is 0 Å². The molecule has 118 valence electrons. The zero-order chi connectivity index (χ0) is 16.1. The number of aromatic amines is 1. The van der Waals surface area contributed by atoms with Crippen LogP contribution in [0.5, 0.6) is 5.75 Å². The quantitative estimate of drug-likeness (QED) is 0.731. The Bertz CT molecular complexity index is 764. The van der Waals surface area contributed by atoms with Gasteiger partial charge in [-0.1, -0.05) is 6.07 Å². The van der Waals surface area contributed by atoms with Crippen LogP contribution in [0.3, 0.4) is 0 Å². The predicted octanol–water partition coefficient (Wildman–Crippen LogP) is 3.12. The molecule has 2 N–H and O–H groups in total. The zero-order valence-corrected chi connectivity index (χ0v) is 13.5. The summed E-state index contributed by atoms with van der Waals surface area (Å²) in [6.45, 7) is 0.547. The van der Waals surface area contributed by atoms with Crippen molar-refractivity contribution in [1.29, 1.82) is 0 Å². The van der Waals surface area contributed by atoms with Gasteiger partial charge in [-0.15, -0.1) is 11.3 Å². The van der Waals surface area contributed by atoms with Crippen LogP contribution in [-0.4, -0.2) is 29.5 Å². The minimum absolute atomic E-state index is 0.0927. The van der Waals surface area contributed by atoms with E-state index in [1.165, 1.54) is 0 Å². The van der Waals surface area contributed by atoms with E-state index in [4.69, 9.17) is 4.74 Å². The van der Waals surface area contributed by atoms with E-state index in [0.717, 1.165) is 22.0 Å². The largest absolute Gasteiger partial charge is 0.497 e. The number of hydrogen-bond acceptors (Lipinski definition) is 4. The van der Waals surface area contributed by atoms with Gasteiger partial charge in [0.2, 0.25) is 0 Å². The van der Waals surface area contributed by atoms with Gasteiger partial charge in [0.05, 0.1) is 18.3 Å². The lowest BCUT2D eigenvalue weighted by atomic mass is 10.2. The van der Waals surface area contributed by atoms with Crippen molar-refractivity contribution < 1.29 is 9.53 Å². The average molecular weight is 327 g/mol. The van der Waals surface area contributed by atoms with Crippen LogP contribution in [0.1, 0.15) is 16.1 Å². The van der Waals surface area contributed by atoms with Crippen LogP contribution in [0.15, 0.2) is 48.1 Å². The maximum Gasteiger partial charge on any atom is 0.251 e. The Kier molecular flexibility index (Phi) is 4.73. The van der Waals surface area contributed by atoms with Crippen LogP contribution in [0.2, 0.25) is 0 Å². The molecular weight excluding hydrogens is 310 g/mol. The minimum Gasteiger partial charge on any atom is -0.497 e. The summed E-state index contributed by atoms with van der Waals surface area (Å²) < 4.78 is 5.09.